The normalized spacial score (nSPS) is 11.5. The summed E-state index contributed by atoms with van der Waals surface area (Å²) in [5.41, 5.74) is 2.60. The summed E-state index contributed by atoms with van der Waals surface area (Å²) in [5, 5.41) is 1.31. The standard InChI is InChI=1S/C27H22Cl2F2N2O2S/c1-16(34)35-24-11-5-18(12-23(24)29)27(2,3)25-14-32-26(33(25)21-9-7-19(30)8-10-21)36-15-17-4-6-20(31)13-22(17)28/h4-14H,15H2,1-3H3. The number of hydrogen-bond donors (Lipinski definition) is 0. The van der Waals surface area contributed by atoms with Crippen molar-refractivity contribution in [2.24, 2.45) is 0 Å². The number of aromatic nitrogens is 2. The van der Waals surface area contributed by atoms with Crippen molar-refractivity contribution < 1.29 is 18.3 Å². The third-order valence-corrected chi connectivity index (χ3v) is 7.38. The molecule has 0 N–H and O–H groups in total. The van der Waals surface area contributed by atoms with Gasteiger partial charge in [-0.1, -0.05) is 60.9 Å². The van der Waals surface area contributed by atoms with Crippen molar-refractivity contribution in [3.8, 4) is 11.4 Å². The quantitative estimate of drug-likeness (QED) is 0.134. The molecule has 186 valence electrons. The predicted molar refractivity (Wildman–Crippen MR) is 139 cm³/mol. The SMILES string of the molecule is CC(=O)Oc1ccc(C(C)(C)c2cnc(SCc3ccc(F)cc3Cl)n2-c2ccc(F)cc2)cc1Cl. The molecular weight excluding hydrogens is 525 g/mol. The number of imidazole rings is 1. The molecule has 0 spiro atoms. The minimum absolute atomic E-state index is 0.281. The molecule has 4 nitrogen and oxygen atoms in total. The summed E-state index contributed by atoms with van der Waals surface area (Å²) in [6.45, 7) is 5.35. The summed E-state index contributed by atoms with van der Waals surface area (Å²) < 4.78 is 34.3. The highest BCUT2D eigenvalue weighted by atomic mass is 35.5. The summed E-state index contributed by atoms with van der Waals surface area (Å²) in [6, 6.07) is 15.7. The number of ether oxygens (including phenoxy) is 1. The third kappa shape index (κ3) is 5.59. The van der Waals surface area contributed by atoms with Crippen LogP contribution in [0.2, 0.25) is 10.0 Å². The number of carbonyl (C=O) groups excluding carboxylic acids is 1. The van der Waals surface area contributed by atoms with Crippen molar-refractivity contribution in [3.63, 3.8) is 0 Å². The lowest BCUT2D eigenvalue weighted by Crippen LogP contribution is -2.23. The van der Waals surface area contributed by atoms with Crippen LogP contribution in [0.3, 0.4) is 0 Å². The van der Waals surface area contributed by atoms with E-state index in [0.717, 1.165) is 22.5 Å². The van der Waals surface area contributed by atoms with Crippen LogP contribution >= 0.6 is 35.0 Å². The number of halogens is 4. The molecule has 3 aromatic carbocycles. The first kappa shape index (κ1) is 26.2. The van der Waals surface area contributed by atoms with Gasteiger partial charge in [0.2, 0.25) is 0 Å². The fourth-order valence-corrected chi connectivity index (χ4v) is 5.30. The van der Waals surface area contributed by atoms with Gasteiger partial charge in [-0.2, -0.15) is 0 Å². The van der Waals surface area contributed by atoms with Crippen molar-refractivity contribution >= 4 is 40.9 Å². The molecule has 0 amide bonds. The second kappa shape index (κ2) is 10.6. The lowest BCUT2D eigenvalue weighted by molar-refractivity contribution is -0.131. The Morgan fingerprint density at radius 1 is 1.00 bits per heavy atom. The molecule has 0 radical (unpaired) electrons. The summed E-state index contributed by atoms with van der Waals surface area (Å²) in [6.07, 6.45) is 1.77. The van der Waals surface area contributed by atoms with Gasteiger partial charge in [0.1, 0.15) is 17.4 Å². The number of rotatable bonds is 7. The van der Waals surface area contributed by atoms with Gasteiger partial charge in [0, 0.05) is 28.8 Å². The molecule has 0 aliphatic carbocycles. The highest BCUT2D eigenvalue weighted by molar-refractivity contribution is 7.98. The van der Waals surface area contributed by atoms with Crippen LogP contribution in [-0.4, -0.2) is 15.5 Å². The molecule has 0 saturated carbocycles. The van der Waals surface area contributed by atoms with E-state index in [1.165, 1.54) is 43.0 Å². The summed E-state index contributed by atoms with van der Waals surface area (Å²) >= 11 is 14.1. The molecule has 0 atom stereocenters. The maximum atomic E-state index is 13.7. The van der Waals surface area contributed by atoms with Crippen LogP contribution < -0.4 is 4.74 Å². The lowest BCUT2D eigenvalue weighted by atomic mass is 9.81. The van der Waals surface area contributed by atoms with Crippen LogP contribution in [-0.2, 0) is 16.0 Å². The molecule has 1 aromatic heterocycles. The Labute approximate surface area is 222 Å². The van der Waals surface area contributed by atoms with E-state index in [4.69, 9.17) is 27.9 Å². The summed E-state index contributed by atoms with van der Waals surface area (Å²) in [7, 11) is 0. The van der Waals surface area contributed by atoms with Crippen molar-refractivity contribution in [2.45, 2.75) is 37.1 Å². The predicted octanol–water partition coefficient (Wildman–Crippen LogP) is 8.00. The first-order chi connectivity index (χ1) is 17.1. The smallest absolute Gasteiger partial charge is 0.308 e. The number of hydrogen-bond acceptors (Lipinski definition) is 4. The fraction of sp³-hybridized carbons (Fsp3) is 0.185. The number of nitrogens with zero attached hydrogens (tertiary/aromatic N) is 2. The molecular formula is C27H22Cl2F2N2O2S. The molecule has 0 aliphatic rings. The van der Waals surface area contributed by atoms with Crippen LogP contribution in [0, 0.1) is 11.6 Å². The number of benzene rings is 3. The summed E-state index contributed by atoms with van der Waals surface area (Å²) in [5.74, 6) is -0.465. The Balaban J connectivity index is 1.75. The van der Waals surface area contributed by atoms with Crippen LogP contribution in [0.1, 0.15) is 37.6 Å². The molecule has 0 bridgehead atoms. The van der Waals surface area contributed by atoms with Crippen LogP contribution in [0.25, 0.3) is 5.69 Å². The highest BCUT2D eigenvalue weighted by Gasteiger charge is 2.30. The van der Waals surface area contributed by atoms with E-state index in [-0.39, 0.29) is 11.6 Å². The number of carbonyl (C=O) groups is 1. The number of thioether (sulfide) groups is 1. The molecule has 0 unspecified atom stereocenters. The van der Waals surface area contributed by atoms with E-state index in [2.05, 4.69) is 4.98 Å². The molecule has 36 heavy (non-hydrogen) atoms. The molecule has 0 aliphatic heterocycles. The Morgan fingerprint density at radius 3 is 2.33 bits per heavy atom. The second-order valence-electron chi connectivity index (χ2n) is 8.63. The van der Waals surface area contributed by atoms with Crippen molar-refractivity contribution in [3.05, 3.63) is 105 Å². The van der Waals surface area contributed by atoms with Crippen LogP contribution in [0.5, 0.6) is 5.75 Å². The van der Waals surface area contributed by atoms with Gasteiger partial charge < -0.3 is 4.74 Å². The zero-order chi connectivity index (χ0) is 26.0. The Morgan fingerprint density at radius 2 is 1.69 bits per heavy atom. The zero-order valence-corrected chi connectivity index (χ0v) is 22.0. The molecule has 1 heterocycles. The van der Waals surface area contributed by atoms with Gasteiger partial charge in [0.15, 0.2) is 5.16 Å². The fourth-order valence-electron chi connectivity index (χ4n) is 3.77. The zero-order valence-electron chi connectivity index (χ0n) is 19.7. The van der Waals surface area contributed by atoms with Crippen molar-refractivity contribution in [2.75, 3.05) is 0 Å². The average Bonchev–Trinajstić information content (AvgIpc) is 3.25. The largest absolute Gasteiger partial charge is 0.425 e. The molecule has 0 fully saturated rings. The first-order valence-electron chi connectivity index (χ1n) is 11.0. The highest BCUT2D eigenvalue weighted by Crippen LogP contribution is 2.39. The van der Waals surface area contributed by atoms with Crippen LogP contribution in [0.15, 0.2) is 72.0 Å². The Kier molecular flexibility index (Phi) is 7.73. The number of esters is 1. The van der Waals surface area contributed by atoms with Crippen molar-refractivity contribution in [1.29, 1.82) is 0 Å². The average molecular weight is 547 g/mol. The molecule has 0 saturated heterocycles. The molecule has 4 aromatic rings. The first-order valence-corrected chi connectivity index (χ1v) is 12.7. The Hall–Kier alpha value is -2.87. The maximum Gasteiger partial charge on any atom is 0.308 e. The lowest BCUT2D eigenvalue weighted by Gasteiger charge is -2.28. The van der Waals surface area contributed by atoms with Crippen LogP contribution in [0.4, 0.5) is 8.78 Å². The van der Waals surface area contributed by atoms with Gasteiger partial charge in [-0.25, -0.2) is 13.8 Å². The van der Waals surface area contributed by atoms with Gasteiger partial charge in [0.25, 0.3) is 0 Å². The van der Waals surface area contributed by atoms with E-state index >= 15 is 0 Å². The van der Waals surface area contributed by atoms with Gasteiger partial charge >= 0.3 is 5.97 Å². The minimum Gasteiger partial charge on any atom is -0.425 e. The van der Waals surface area contributed by atoms with E-state index in [1.807, 2.05) is 24.5 Å². The summed E-state index contributed by atoms with van der Waals surface area (Å²) in [4.78, 5) is 16.0. The minimum atomic E-state index is -0.591. The molecule has 9 heteroatoms. The van der Waals surface area contributed by atoms with E-state index < -0.39 is 17.2 Å². The van der Waals surface area contributed by atoms with Crippen molar-refractivity contribution in [1.82, 2.24) is 9.55 Å². The Bertz CT molecular complexity index is 1420. The topological polar surface area (TPSA) is 44.1 Å². The van der Waals surface area contributed by atoms with E-state index in [0.29, 0.717) is 21.0 Å². The second-order valence-corrected chi connectivity index (χ2v) is 10.4. The van der Waals surface area contributed by atoms with Gasteiger partial charge in [-0.15, -0.1) is 0 Å². The van der Waals surface area contributed by atoms with Gasteiger partial charge in [-0.05, 0) is 59.7 Å². The maximum absolute atomic E-state index is 13.7. The molecule has 4 rings (SSSR count). The third-order valence-electron chi connectivity index (χ3n) is 5.73. The van der Waals surface area contributed by atoms with E-state index in [9.17, 15) is 13.6 Å². The van der Waals surface area contributed by atoms with Gasteiger partial charge in [0.05, 0.1) is 16.9 Å². The van der Waals surface area contributed by atoms with Gasteiger partial charge in [-0.3, -0.25) is 9.36 Å². The van der Waals surface area contributed by atoms with E-state index in [1.54, 1.807) is 36.5 Å². The monoisotopic (exact) mass is 546 g/mol.